The first-order chi connectivity index (χ1) is 14.7. The van der Waals surface area contributed by atoms with Gasteiger partial charge in [-0.2, -0.15) is 0 Å². The molecule has 0 aliphatic carbocycles. The molecule has 0 aromatic heterocycles. The molecule has 3 aromatic carbocycles. The van der Waals surface area contributed by atoms with E-state index in [9.17, 15) is 9.59 Å². The second-order valence-corrected chi connectivity index (χ2v) is 6.60. The maximum atomic E-state index is 12.8. The second-order valence-electron chi connectivity index (χ2n) is 6.60. The number of rotatable bonds is 8. The summed E-state index contributed by atoms with van der Waals surface area (Å²) in [4.78, 5) is 29.4. The number of carbonyl (C=O) groups excluding carboxylic acids is 2. The van der Waals surface area contributed by atoms with Gasteiger partial charge in [0, 0.05) is 11.1 Å². The van der Waals surface area contributed by atoms with Crippen LogP contribution in [0.1, 0.15) is 23.1 Å². The van der Waals surface area contributed by atoms with E-state index in [1.165, 1.54) is 7.11 Å². The Bertz CT molecular complexity index is 944. The lowest BCUT2D eigenvalue weighted by atomic mass is 10.0. The van der Waals surface area contributed by atoms with Crippen LogP contribution in [0.15, 0.2) is 96.0 Å². The molecule has 0 heterocycles. The third-order valence-electron chi connectivity index (χ3n) is 4.46. The first kappa shape index (κ1) is 21.0. The largest absolute Gasteiger partial charge is 0.469 e. The summed E-state index contributed by atoms with van der Waals surface area (Å²) in [5.41, 5.74) is 3.16. The normalized spacial score (nSPS) is 11.2. The Hall–Kier alpha value is -3.73. The summed E-state index contributed by atoms with van der Waals surface area (Å²) in [6, 6.07) is 27.4. The number of esters is 2. The maximum absolute atomic E-state index is 12.8. The molecule has 1 atom stereocenters. The fourth-order valence-electron chi connectivity index (χ4n) is 2.91. The molecule has 5 nitrogen and oxygen atoms in total. The van der Waals surface area contributed by atoms with Gasteiger partial charge in [0.05, 0.1) is 19.2 Å². The van der Waals surface area contributed by atoms with E-state index in [1.54, 1.807) is 0 Å². The molecule has 3 rings (SSSR count). The van der Waals surface area contributed by atoms with Crippen molar-refractivity contribution < 1.29 is 19.1 Å². The molecule has 0 saturated heterocycles. The van der Waals surface area contributed by atoms with Crippen molar-refractivity contribution in [3.05, 3.63) is 108 Å². The van der Waals surface area contributed by atoms with Gasteiger partial charge in [0.15, 0.2) is 6.04 Å². The fraction of sp³-hybridized carbons (Fsp3) is 0.160. The molecule has 3 aromatic rings. The zero-order valence-corrected chi connectivity index (χ0v) is 16.7. The topological polar surface area (TPSA) is 65.0 Å². The van der Waals surface area contributed by atoms with Crippen LogP contribution in [0, 0.1) is 0 Å². The number of aliphatic imine (C=N–C) groups is 1. The Kier molecular flexibility index (Phi) is 7.50. The molecule has 152 valence electrons. The Morgan fingerprint density at radius 1 is 0.800 bits per heavy atom. The first-order valence-corrected chi connectivity index (χ1v) is 9.63. The Balaban J connectivity index is 1.92. The lowest BCUT2D eigenvalue weighted by molar-refractivity contribution is -0.151. The zero-order chi connectivity index (χ0) is 21.2. The zero-order valence-electron chi connectivity index (χ0n) is 16.7. The molecule has 30 heavy (non-hydrogen) atoms. The summed E-state index contributed by atoms with van der Waals surface area (Å²) in [6.45, 7) is 0.110. The minimum absolute atomic E-state index is 0.110. The standard InChI is InChI=1S/C25H23NO4/c1-29-23(27)17-22(25(28)30-18-19-11-5-2-6-12-19)26-24(20-13-7-3-8-14-20)21-15-9-4-10-16-21/h2-16,22H,17-18H2,1H3. The average Bonchev–Trinajstić information content (AvgIpc) is 2.81. The highest BCUT2D eigenvalue weighted by Crippen LogP contribution is 2.15. The van der Waals surface area contributed by atoms with Gasteiger partial charge in [0.2, 0.25) is 0 Å². The van der Waals surface area contributed by atoms with Crippen LogP contribution in [-0.4, -0.2) is 30.8 Å². The van der Waals surface area contributed by atoms with Crippen LogP contribution < -0.4 is 0 Å². The average molecular weight is 401 g/mol. The minimum atomic E-state index is -1.02. The summed E-state index contributed by atoms with van der Waals surface area (Å²) < 4.78 is 10.2. The summed E-state index contributed by atoms with van der Waals surface area (Å²) in [7, 11) is 1.29. The van der Waals surface area contributed by atoms with Gasteiger partial charge >= 0.3 is 11.9 Å². The number of hydrogen-bond donors (Lipinski definition) is 0. The number of benzene rings is 3. The van der Waals surface area contributed by atoms with Gasteiger partial charge in [0.25, 0.3) is 0 Å². The molecule has 0 aliphatic heterocycles. The molecule has 1 unspecified atom stereocenters. The summed E-state index contributed by atoms with van der Waals surface area (Å²) in [5, 5.41) is 0. The fourth-order valence-corrected chi connectivity index (χ4v) is 2.91. The molecule has 0 N–H and O–H groups in total. The highest BCUT2D eigenvalue weighted by atomic mass is 16.5. The van der Waals surface area contributed by atoms with E-state index in [4.69, 9.17) is 9.47 Å². The van der Waals surface area contributed by atoms with Crippen molar-refractivity contribution in [3.63, 3.8) is 0 Å². The van der Waals surface area contributed by atoms with Crippen LogP contribution in [0.2, 0.25) is 0 Å². The predicted molar refractivity (Wildman–Crippen MR) is 115 cm³/mol. The van der Waals surface area contributed by atoms with E-state index >= 15 is 0 Å². The van der Waals surface area contributed by atoms with Crippen molar-refractivity contribution in [3.8, 4) is 0 Å². The number of nitrogens with zero attached hydrogens (tertiary/aromatic N) is 1. The highest BCUT2D eigenvalue weighted by molar-refractivity contribution is 6.13. The number of methoxy groups -OCH3 is 1. The van der Waals surface area contributed by atoms with Gasteiger partial charge in [-0.15, -0.1) is 0 Å². The molecular formula is C25H23NO4. The van der Waals surface area contributed by atoms with Crippen LogP contribution in [0.5, 0.6) is 0 Å². The second kappa shape index (κ2) is 10.7. The van der Waals surface area contributed by atoms with Crippen LogP contribution in [0.4, 0.5) is 0 Å². The van der Waals surface area contributed by atoms with Crippen molar-refractivity contribution in [1.82, 2.24) is 0 Å². The molecule has 0 aliphatic rings. The summed E-state index contributed by atoms with van der Waals surface area (Å²) in [5.74, 6) is -1.10. The highest BCUT2D eigenvalue weighted by Gasteiger charge is 2.25. The van der Waals surface area contributed by atoms with E-state index in [0.29, 0.717) is 5.71 Å². The van der Waals surface area contributed by atoms with Gasteiger partial charge in [-0.05, 0) is 5.56 Å². The molecule has 0 spiro atoms. The molecule has 0 radical (unpaired) electrons. The van der Waals surface area contributed by atoms with Crippen molar-refractivity contribution in [2.45, 2.75) is 19.1 Å². The first-order valence-electron chi connectivity index (χ1n) is 9.63. The van der Waals surface area contributed by atoms with Gasteiger partial charge < -0.3 is 9.47 Å². The SMILES string of the molecule is COC(=O)CC(N=C(c1ccccc1)c1ccccc1)C(=O)OCc1ccccc1. The number of carbonyl (C=O) groups is 2. The van der Waals surface area contributed by atoms with Crippen LogP contribution >= 0.6 is 0 Å². The van der Waals surface area contributed by atoms with E-state index < -0.39 is 18.0 Å². The van der Waals surface area contributed by atoms with Crippen LogP contribution in [0.3, 0.4) is 0 Å². The smallest absolute Gasteiger partial charge is 0.331 e. The minimum Gasteiger partial charge on any atom is -0.469 e. The van der Waals surface area contributed by atoms with Crippen molar-refractivity contribution in [1.29, 1.82) is 0 Å². The van der Waals surface area contributed by atoms with Crippen molar-refractivity contribution in [2.75, 3.05) is 7.11 Å². The molecule has 0 bridgehead atoms. The van der Waals surface area contributed by atoms with Crippen molar-refractivity contribution >= 4 is 17.7 Å². The molecule has 5 heteroatoms. The molecule has 0 fully saturated rings. The van der Waals surface area contributed by atoms with Gasteiger partial charge in [-0.3, -0.25) is 9.79 Å². The Morgan fingerprint density at radius 2 is 1.30 bits per heavy atom. The summed E-state index contributed by atoms with van der Waals surface area (Å²) >= 11 is 0. The molecular weight excluding hydrogens is 378 g/mol. The van der Waals surface area contributed by atoms with Crippen LogP contribution in [-0.2, 0) is 25.7 Å². The van der Waals surface area contributed by atoms with Gasteiger partial charge in [-0.1, -0.05) is 91.0 Å². The summed E-state index contributed by atoms with van der Waals surface area (Å²) in [6.07, 6.45) is -0.201. The maximum Gasteiger partial charge on any atom is 0.331 e. The lowest BCUT2D eigenvalue weighted by Crippen LogP contribution is -2.27. The quantitative estimate of drug-likeness (QED) is 0.419. The number of hydrogen-bond acceptors (Lipinski definition) is 5. The van der Waals surface area contributed by atoms with Gasteiger partial charge in [0.1, 0.15) is 6.61 Å². The van der Waals surface area contributed by atoms with E-state index in [0.717, 1.165) is 16.7 Å². The van der Waals surface area contributed by atoms with E-state index in [1.807, 2.05) is 91.0 Å². The van der Waals surface area contributed by atoms with Gasteiger partial charge in [-0.25, -0.2) is 4.79 Å². The predicted octanol–water partition coefficient (Wildman–Crippen LogP) is 4.20. The lowest BCUT2D eigenvalue weighted by Gasteiger charge is -2.15. The van der Waals surface area contributed by atoms with Crippen LogP contribution in [0.25, 0.3) is 0 Å². The monoisotopic (exact) mass is 401 g/mol. The Morgan fingerprint density at radius 3 is 1.80 bits per heavy atom. The van der Waals surface area contributed by atoms with E-state index in [-0.39, 0.29) is 13.0 Å². The number of ether oxygens (including phenoxy) is 2. The molecule has 0 saturated carbocycles. The third-order valence-corrected chi connectivity index (χ3v) is 4.46. The van der Waals surface area contributed by atoms with Crippen molar-refractivity contribution in [2.24, 2.45) is 4.99 Å². The third kappa shape index (κ3) is 5.88. The molecule has 0 amide bonds. The van der Waals surface area contributed by atoms with E-state index in [2.05, 4.69) is 4.99 Å². The Labute approximate surface area is 176 Å².